The first-order chi connectivity index (χ1) is 18.5. The fraction of sp³-hybridized carbons (Fsp3) is 0.300. The maximum absolute atomic E-state index is 13.0. The van der Waals surface area contributed by atoms with Crippen molar-refractivity contribution < 1.29 is 31.9 Å². The van der Waals surface area contributed by atoms with Gasteiger partial charge < -0.3 is 13.7 Å². The van der Waals surface area contributed by atoms with E-state index in [0.717, 1.165) is 22.6 Å². The van der Waals surface area contributed by atoms with Crippen LogP contribution < -0.4 is 4.74 Å². The highest BCUT2D eigenvalue weighted by molar-refractivity contribution is 6.01. The average molecular weight is 539 g/mol. The first-order valence-corrected chi connectivity index (χ1v) is 12.5. The molecule has 9 heteroatoms. The third-order valence-electron chi connectivity index (χ3n) is 6.64. The molecule has 0 bridgehead atoms. The number of Topliss-reactive ketones (excluding diaryl/α,β-unsaturated/α-hetero) is 2. The molecule has 0 aliphatic heterocycles. The molecule has 2 aromatic carbocycles. The van der Waals surface area contributed by atoms with Crippen LogP contribution in [0.2, 0.25) is 0 Å². The van der Waals surface area contributed by atoms with Gasteiger partial charge in [0.25, 0.3) is 5.78 Å². The second kappa shape index (κ2) is 11.3. The van der Waals surface area contributed by atoms with Crippen molar-refractivity contribution in [2.24, 2.45) is 0 Å². The average Bonchev–Trinajstić information content (AvgIpc) is 3.41. The predicted molar refractivity (Wildman–Crippen MR) is 140 cm³/mol. The molecule has 2 aromatic heterocycles. The van der Waals surface area contributed by atoms with Crippen molar-refractivity contribution in [1.29, 1.82) is 0 Å². The second-order valence-corrected chi connectivity index (χ2v) is 9.44. The highest BCUT2D eigenvalue weighted by Crippen LogP contribution is 2.30. The minimum absolute atomic E-state index is 0.119. The number of halogens is 3. The van der Waals surface area contributed by atoms with Crippen LogP contribution in [-0.4, -0.2) is 33.9 Å². The van der Waals surface area contributed by atoms with Gasteiger partial charge in [-0.05, 0) is 63.6 Å². The number of oxazole rings is 1. The van der Waals surface area contributed by atoms with Crippen molar-refractivity contribution in [1.82, 2.24) is 9.55 Å². The van der Waals surface area contributed by atoms with E-state index in [0.29, 0.717) is 30.4 Å². The van der Waals surface area contributed by atoms with Crippen molar-refractivity contribution in [2.45, 2.75) is 52.8 Å². The van der Waals surface area contributed by atoms with Gasteiger partial charge in [-0.1, -0.05) is 30.3 Å². The lowest BCUT2D eigenvalue weighted by Crippen LogP contribution is -2.25. The summed E-state index contributed by atoms with van der Waals surface area (Å²) in [5, 5.41) is 0. The molecule has 1 atom stereocenters. The number of hydrogen-bond acceptors (Lipinski definition) is 5. The van der Waals surface area contributed by atoms with Gasteiger partial charge in [0.1, 0.15) is 11.5 Å². The third-order valence-corrected chi connectivity index (χ3v) is 6.64. The van der Waals surface area contributed by atoms with Crippen LogP contribution >= 0.6 is 0 Å². The van der Waals surface area contributed by atoms with Crippen molar-refractivity contribution in [3.05, 3.63) is 94.6 Å². The van der Waals surface area contributed by atoms with E-state index in [1.165, 1.54) is 24.5 Å². The van der Waals surface area contributed by atoms with E-state index in [1.54, 1.807) is 19.1 Å². The Hall–Kier alpha value is -4.14. The molecular formula is C30H29F3N2O4. The Morgan fingerprint density at radius 3 is 2.31 bits per heavy atom. The SMILES string of the molecule is CC(=O)[C@H](Cc1ccc(OCCc2nc(-c3ccccc3)oc2C)cc1)n1c(C)cc(C(=O)C(F)(F)F)c1C. The van der Waals surface area contributed by atoms with Gasteiger partial charge in [0.2, 0.25) is 5.89 Å². The molecule has 0 spiro atoms. The second-order valence-electron chi connectivity index (χ2n) is 9.44. The van der Waals surface area contributed by atoms with Crippen LogP contribution in [0.1, 0.15) is 51.7 Å². The number of rotatable bonds is 10. The lowest BCUT2D eigenvalue weighted by molar-refractivity contribution is -0.120. The van der Waals surface area contributed by atoms with E-state index in [9.17, 15) is 22.8 Å². The number of nitrogens with zero attached hydrogens (tertiary/aromatic N) is 2. The standard InChI is InChI=1S/C30H29F3N2O4/c1-18-16-25(28(37)30(31,32)33)19(2)35(18)27(20(3)36)17-22-10-12-24(13-11-22)38-15-14-26-21(4)39-29(34-26)23-8-6-5-7-9-23/h5-13,16,27H,14-15,17H2,1-4H3/t27-/m0/s1. The van der Waals surface area contributed by atoms with Gasteiger partial charge in [-0.3, -0.25) is 9.59 Å². The Balaban J connectivity index is 1.41. The van der Waals surface area contributed by atoms with E-state index < -0.39 is 23.6 Å². The van der Waals surface area contributed by atoms with Crippen LogP contribution in [0.15, 0.2) is 65.1 Å². The van der Waals surface area contributed by atoms with Gasteiger partial charge in [0.15, 0.2) is 5.78 Å². The van der Waals surface area contributed by atoms with Gasteiger partial charge >= 0.3 is 6.18 Å². The minimum Gasteiger partial charge on any atom is -0.493 e. The van der Waals surface area contributed by atoms with E-state index in [2.05, 4.69) is 4.98 Å². The first kappa shape index (κ1) is 27.9. The molecule has 0 fully saturated rings. The van der Waals surface area contributed by atoms with Gasteiger partial charge in [-0.15, -0.1) is 0 Å². The van der Waals surface area contributed by atoms with E-state index in [1.807, 2.05) is 49.4 Å². The fourth-order valence-electron chi connectivity index (χ4n) is 4.63. The third kappa shape index (κ3) is 6.30. The molecule has 0 saturated heterocycles. The number of benzene rings is 2. The largest absolute Gasteiger partial charge is 0.493 e. The highest BCUT2D eigenvalue weighted by Gasteiger charge is 2.41. The molecule has 0 amide bonds. The number of aromatic nitrogens is 2. The summed E-state index contributed by atoms with van der Waals surface area (Å²) >= 11 is 0. The van der Waals surface area contributed by atoms with Crippen LogP contribution in [0.3, 0.4) is 0 Å². The molecule has 39 heavy (non-hydrogen) atoms. The van der Waals surface area contributed by atoms with Crippen molar-refractivity contribution >= 4 is 11.6 Å². The highest BCUT2D eigenvalue weighted by atomic mass is 19.4. The van der Waals surface area contributed by atoms with Crippen LogP contribution in [0.5, 0.6) is 5.75 Å². The van der Waals surface area contributed by atoms with Gasteiger partial charge in [-0.2, -0.15) is 13.2 Å². The first-order valence-electron chi connectivity index (χ1n) is 12.5. The Morgan fingerprint density at radius 2 is 1.69 bits per heavy atom. The van der Waals surface area contributed by atoms with Crippen molar-refractivity contribution in [3.8, 4) is 17.2 Å². The molecule has 2 heterocycles. The summed E-state index contributed by atoms with van der Waals surface area (Å²) in [6.45, 7) is 6.66. The van der Waals surface area contributed by atoms with Crippen molar-refractivity contribution in [2.75, 3.05) is 6.61 Å². The van der Waals surface area contributed by atoms with Gasteiger partial charge in [-0.25, -0.2) is 4.98 Å². The predicted octanol–water partition coefficient (Wildman–Crippen LogP) is 6.81. The number of carbonyl (C=O) groups excluding carboxylic acids is 2. The van der Waals surface area contributed by atoms with E-state index >= 15 is 0 Å². The summed E-state index contributed by atoms with van der Waals surface area (Å²) in [6, 6.07) is 17.3. The Bertz CT molecular complexity index is 1470. The quantitative estimate of drug-likeness (QED) is 0.208. The lowest BCUT2D eigenvalue weighted by atomic mass is 10.0. The summed E-state index contributed by atoms with van der Waals surface area (Å²) in [7, 11) is 0. The number of alkyl halides is 3. The maximum atomic E-state index is 13.0. The number of ketones is 2. The molecule has 4 rings (SSSR count). The van der Waals surface area contributed by atoms with Gasteiger partial charge in [0.05, 0.1) is 18.3 Å². The molecule has 0 unspecified atom stereocenters. The van der Waals surface area contributed by atoms with E-state index in [4.69, 9.17) is 9.15 Å². The summed E-state index contributed by atoms with van der Waals surface area (Å²) in [5.74, 6) is -0.202. The zero-order valence-electron chi connectivity index (χ0n) is 22.1. The summed E-state index contributed by atoms with van der Waals surface area (Å²) in [6.07, 6.45) is -4.17. The Labute approximate surface area is 224 Å². The van der Waals surface area contributed by atoms with Crippen LogP contribution in [0.4, 0.5) is 13.2 Å². The zero-order valence-corrected chi connectivity index (χ0v) is 22.1. The lowest BCUT2D eigenvalue weighted by Gasteiger charge is -2.21. The molecule has 0 radical (unpaired) electrons. The normalized spacial score (nSPS) is 12.4. The molecular weight excluding hydrogens is 509 g/mol. The fourth-order valence-corrected chi connectivity index (χ4v) is 4.63. The molecule has 0 aliphatic carbocycles. The molecule has 204 valence electrons. The van der Waals surface area contributed by atoms with Crippen molar-refractivity contribution in [3.63, 3.8) is 0 Å². The topological polar surface area (TPSA) is 74.3 Å². The van der Waals surface area contributed by atoms with Gasteiger partial charge in [0, 0.05) is 35.4 Å². The number of hydrogen-bond donors (Lipinski definition) is 0. The summed E-state index contributed by atoms with van der Waals surface area (Å²) in [5.41, 5.74) is 2.62. The Morgan fingerprint density at radius 1 is 1.03 bits per heavy atom. The van der Waals surface area contributed by atoms with Crippen LogP contribution in [-0.2, 0) is 17.6 Å². The zero-order chi connectivity index (χ0) is 28.3. The number of aryl methyl sites for hydroxylation is 2. The smallest absolute Gasteiger partial charge is 0.454 e. The van der Waals surface area contributed by atoms with Crippen LogP contribution in [0, 0.1) is 20.8 Å². The maximum Gasteiger partial charge on any atom is 0.454 e. The monoisotopic (exact) mass is 538 g/mol. The molecule has 0 aliphatic rings. The van der Waals surface area contributed by atoms with Crippen LogP contribution in [0.25, 0.3) is 11.5 Å². The van der Waals surface area contributed by atoms with E-state index in [-0.39, 0.29) is 17.9 Å². The molecule has 6 nitrogen and oxygen atoms in total. The molecule has 4 aromatic rings. The minimum atomic E-state index is -4.98. The molecule has 0 N–H and O–H groups in total. The molecule has 0 saturated carbocycles. The Kier molecular flexibility index (Phi) is 8.09. The summed E-state index contributed by atoms with van der Waals surface area (Å²) in [4.78, 5) is 29.0. The number of ether oxygens (including phenoxy) is 1. The summed E-state index contributed by atoms with van der Waals surface area (Å²) < 4.78 is 52.3. The number of carbonyl (C=O) groups is 2.